The normalized spacial score (nSPS) is 12.9. The van der Waals surface area contributed by atoms with Crippen molar-refractivity contribution in [2.45, 2.75) is 26.9 Å². The van der Waals surface area contributed by atoms with Crippen molar-refractivity contribution in [3.05, 3.63) is 29.5 Å². The SMILES string of the molecule is Cc1c(C(=O)OC(C)C)c2cc(NS(=O)(=O)N(C)C)ccc2n1S(=O)(=O)N(C)C. The van der Waals surface area contributed by atoms with Gasteiger partial charge in [-0.3, -0.25) is 4.72 Å². The summed E-state index contributed by atoms with van der Waals surface area (Å²) in [5.74, 6) is -0.692. The average molecular weight is 447 g/mol. The van der Waals surface area contributed by atoms with E-state index in [2.05, 4.69) is 4.72 Å². The number of rotatable bonds is 7. The van der Waals surface area contributed by atoms with Gasteiger partial charge in [-0.15, -0.1) is 0 Å². The fourth-order valence-corrected chi connectivity index (χ4v) is 4.46. The van der Waals surface area contributed by atoms with Crippen LogP contribution in [0.2, 0.25) is 0 Å². The first-order valence-corrected chi connectivity index (χ1v) is 11.5. The molecule has 10 nitrogen and oxygen atoms in total. The molecule has 1 aromatic carbocycles. The number of ether oxygens (including phenoxy) is 1. The van der Waals surface area contributed by atoms with E-state index in [9.17, 15) is 21.6 Å². The van der Waals surface area contributed by atoms with Gasteiger partial charge in [0.25, 0.3) is 0 Å². The highest BCUT2D eigenvalue weighted by molar-refractivity contribution is 7.90. The Balaban J connectivity index is 2.82. The van der Waals surface area contributed by atoms with Crippen LogP contribution >= 0.6 is 0 Å². The zero-order valence-corrected chi connectivity index (χ0v) is 19.1. The largest absolute Gasteiger partial charge is 0.459 e. The Bertz CT molecular complexity index is 1150. The maximum atomic E-state index is 12.8. The van der Waals surface area contributed by atoms with Crippen molar-refractivity contribution in [3.8, 4) is 0 Å². The van der Waals surface area contributed by atoms with Crippen molar-refractivity contribution in [2.24, 2.45) is 0 Å². The zero-order chi connectivity index (χ0) is 22.3. The molecule has 2 rings (SSSR count). The number of hydrogen-bond acceptors (Lipinski definition) is 6. The average Bonchev–Trinajstić information content (AvgIpc) is 2.85. The van der Waals surface area contributed by atoms with Gasteiger partial charge >= 0.3 is 26.4 Å². The molecule has 12 heteroatoms. The van der Waals surface area contributed by atoms with Crippen molar-refractivity contribution in [1.29, 1.82) is 0 Å². The Labute approximate surface area is 171 Å². The van der Waals surface area contributed by atoms with E-state index in [1.807, 2.05) is 0 Å². The molecular weight excluding hydrogens is 420 g/mol. The molecule has 0 radical (unpaired) electrons. The van der Waals surface area contributed by atoms with Gasteiger partial charge in [-0.25, -0.2) is 8.77 Å². The molecule has 0 aliphatic carbocycles. The first-order chi connectivity index (χ1) is 13.2. The maximum absolute atomic E-state index is 12.8. The summed E-state index contributed by atoms with van der Waals surface area (Å²) in [6.07, 6.45) is -0.416. The Morgan fingerprint density at radius 1 is 1.07 bits per heavy atom. The lowest BCUT2D eigenvalue weighted by Gasteiger charge is -2.16. The molecule has 1 N–H and O–H groups in total. The number of carbonyl (C=O) groups is 1. The topological polar surface area (TPSA) is 118 Å². The monoisotopic (exact) mass is 446 g/mol. The van der Waals surface area contributed by atoms with Crippen LogP contribution in [-0.2, 0) is 25.2 Å². The number of anilines is 1. The molecule has 0 amide bonds. The van der Waals surface area contributed by atoms with Crippen LogP contribution in [0.1, 0.15) is 29.9 Å². The molecule has 0 unspecified atom stereocenters. The van der Waals surface area contributed by atoms with E-state index in [1.165, 1.54) is 53.3 Å². The zero-order valence-electron chi connectivity index (χ0n) is 17.4. The molecule has 2 aromatic rings. The van der Waals surface area contributed by atoms with E-state index in [0.717, 1.165) is 12.6 Å². The summed E-state index contributed by atoms with van der Waals surface area (Å²) >= 11 is 0. The highest BCUT2D eigenvalue weighted by atomic mass is 32.2. The number of carbonyl (C=O) groups excluding carboxylic acids is 1. The van der Waals surface area contributed by atoms with Gasteiger partial charge in [-0.1, -0.05) is 0 Å². The maximum Gasteiger partial charge on any atom is 0.340 e. The summed E-state index contributed by atoms with van der Waals surface area (Å²) in [5, 5.41) is 0.262. The van der Waals surface area contributed by atoms with Gasteiger partial charge < -0.3 is 4.74 Å². The molecule has 0 bridgehead atoms. The molecule has 29 heavy (non-hydrogen) atoms. The van der Waals surface area contributed by atoms with Gasteiger partial charge in [0.15, 0.2) is 0 Å². The third kappa shape index (κ3) is 4.39. The second kappa shape index (κ2) is 7.94. The minimum absolute atomic E-state index is 0.0602. The fourth-order valence-electron chi connectivity index (χ4n) is 2.69. The Morgan fingerprint density at radius 2 is 1.66 bits per heavy atom. The number of aromatic nitrogens is 1. The molecule has 0 saturated heterocycles. The first-order valence-electron chi connectivity index (χ1n) is 8.69. The van der Waals surface area contributed by atoms with E-state index in [1.54, 1.807) is 13.8 Å². The lowest BCUT2D eigenvalue weighted by Crippen LogP contribution is -2.29. The quantitative estimate of drug-likeness (QED) is 0.642. The molecule has 0 spiro atoms. The van der Waals surface area contributed by atoms with E-state index >= 15 is 0 Å². The summed E-state index contributed by atoms with van der Waals surface area (Å²) in [7, 11) is -2.22. The molecule has 0 atom stereocenters. The van der Waals surface area contributed by atoms with Crippen molar-refractivity contribution < 1.29 is 26.4 Å². The standard InChI is InChI=1S/C17H26N4O6S2/c1-11(2)27-17(22)16-12(3)21(29(25,26)20(6)7)15-9-8-13(10-14(15)16)18-28(23,24)19(4)5/h8-11,18H,1-7H3. The fraction of sp³-hybridized carbons (Fsp3) is 0.471. The van der Waals surface area contributed by atoms with Crippen LogP contribution in [0.3, 0.4) is 0 Å². The van der Waals surface area contributed by atoms with Crippen LogP contribution in [0.5, 0.6) is 0 Å². The lowest BCUT2D eigenvalue weighted by molar-refractivity contribution is 0.0379. The van der Waals surface area contributed by atoms with Crippen molar-refractivity contribution in [1.82, 2.24) is 12.6 Å². The van der Waals surface area contributed by atoms with Crippen LogP contribution < -0.4 is 4.72 Å². The molecule has 0 aliphatic rings. The predicted molar refractivity (Wildman–Crippen MR) is 111 cm³/mol. The summed E-state index contributed by atoms with van der Waals surface area (Å²) in [6.45, 7) is 4.86. The van der Waals surface area contributed by atoms with Gasteiger partial charge in [0.05, 0.1) is 22.9 Å². The van der Waals surface area contributed by atoms with Crippen LogP contribution in [0.4, 0.5) is 5.69 Å². The Hall–Kier alpha value is -2.15. The molecule has 1 heterocycles. The van der Waals surface area contributed by atoms with Gasteiger partial charge in [0, 0.05) is 39.3 Å². The predicted octanol–water partition coefficient (Wildman–Crippen LogP) is 1.39. The highest BCUT2D eigenvalue weighted by Gasteiger charge is 2.29. The van der Waals surface area contributed by atoms with Crippen LogP contribution in [0.15, 0.2) is 18.2 Å². The summed E-state index contributed by atoms with van der Waals surface area (Å²) in [4.78, 5) is 12.7. The number of fused-ring (bicyclic) bond motifs is 1. The number of hydrogen-bond donors (Lipinski definition) is 1. The van der Waals surface area contributed by atoms with Crippen LogP contribution in [0.25, 0.3) is 10.9 Å². The van der Waals surface area contributed by atoms with E-state index in [0.29, 0.717) is 0 Å². The molecule has 162 valence electrons. The minimum atomic E-state index is -3.94. The molecule has 0 saturated carbocycles. The van der Waals surface area contributed by atoms with E-state index < -0.39 is 32.5 Å². The third-order valence-corrected chi connectivity index (χ3v) is 7.43. The van der Waals surface area contributed by atoms with Gasteiger partial charge in [-0.05, 0) is 39.0 Å². The van der Waals surface area contributed by atoms with Gasteiger partial charge in [0.2, 0.25) is 0 Å². The van der Waals surface area contributed by atoms with Crippen LogP contribution in [0, 0.1) is 6.92 Å². The second-order valence-corrected chi connectivity index (χ2v) is 11.0. The second-order valence-electron chi connectivity index (χ2n) is 7.09. The highest BCUT2D eigenvalue weighted by Crippen LogP contribution is 2.31. The molecular formula is C17H26N4O6S2. The van der Waals surface area contributed by atoms with Crippen LogP contribution in [-0.4, -0.2) is 69.7 Å². The summed E-state index contributed by atoms with van der Waals surface area (Å²) < 4.78 is 60.7. The number of benzene rings is 1. The van der Waals surface area contributed by atoms with Crippen molar-refractivity contribution in [2.75, 3.05) is 32.9 Å². The number of nitrogens with one attached hydrogen (secondary N) is 1. The lowest BCUT2D eigenvalue weighted by atomic mass is 10.1. The Kier molecular flexibility index (Phi) is 6.33. The van der Waals surface area contributed by atoms with Gasteiger partial charge in [-0.2, -0.15) is 25.4 Å². The summed E-state index contributed by atoms with van der Waals surface area (Å²) in [6, 6.07) is 4.30. The molecule has 0 aliphatic heterocycles. The van der Waals surface area contributed by atoms with E-state index in [4.69, 9.17) is 4.74 Å². The van der Waals surface area contributed by atoms with Crippen molar-refractivity contribution in [3.63, 3.8) is 0 Å². The number of esters is 1. The van der Waals surface area contributed by atoms with Crippen molar-refractivity contribution >= 4 is 43.0 Å². The first kappa shape index (κ1) is 23.1. The molecule has 0 fully saturated rings. The Morgan fingerprint density at radius 3 is 2.14 bits per heavy atom. The molecule has 1 aromatic heterocycles. The van der Waals surface area contributed by atoms with Gasteiger partial charge in [0.1, 0.15) is 0 Å². The third-order valence-electron chi connectivity index (χ3n) is 4.12. The smallest absolute Gasteiger partial charge is 0.340 e. The summed E-state index contributed by atoms with van der Waals surface area (Å²) in [5.41, 5.74) is 0.654. The number of nitrogens with zero attached hydrogens (tertiary/aromatic N) is 3. The van der Waals surface area contributed by atoms with E-state index in [-0.39, 0.29) is 27.8 Å². The minimum Gasteiger partial charge on any atom is -0.459 e.